The van der Waals surface area contributed by atoms with Gasteiger partial charge in [-0.1, -0.05) is 39.0 Å². The molecule has 0 radical (unpaired) electrons. The Morgan fingerprint density at radius 1 is 1.00 bits per heavy atom. The van der Waals surface area contributed by atoms with Crippen molar-refractivity contribution < 1.29 is 13.9 Å². The number of hydrogen-bond acceptors (Lipinski definition) is 4. The zero-order chi connectivity index (χ0) is 20.5. The van der Waals surface area contributed by atoms with Crippen LogP contribution in [0.15, 0.2) is 30.4 Å². The molecular formula is C23H37NO3Si. The van der Waals surface area contributed by atoms with Crippen LogP contribution in [0.5, 0.6) is 11.5 Å². The van der Waals surface area contributed by atoms with Crippen LogP contribution in [0.2, 0.25) is 18.1 Å². The van der Waals surface area contributed by atoms with Gasteiger partial charge in [0.2, 0.25) is 0 Å². The highest BCUT2D eigenvalue weighted by molar-refractivity contribution is 6.74. The molecule has 1 aromatic carbocycles. The first-order chi connectivity index (χ1) is 13.2. The third-order valence-electron chi connectivity index (χ3n) is 6.84. The summed E-state index contributed by atoms with van der Waals surface area (Å²) in [5.74, 6) is 1.59. The van der Waals surface area contributed by atoms with Gasteiger partial charge in [-0.3, -0.25) is 4.90 Å². The second-order valence-corrected chi connectivity index (χ2v) is 14.4. The van der Waals surface area contributed by atoms with Gasteiger partial charge < -0.3 is 13.9 Å². The van der Waals surface area contributed by atoms with Crippen LogP contribution in [0, 0.1) is 0 Å². The van der Waals surface area contributed by atoms with Gasteiger partial charge in [-0.2, -0.15) is 0 Å². The summed E-state index contributed by atoms with van der Waals surface area (Å²) in [6.07, 6.45) is 8.22. The van der Waals surface area contributed by atoms with Crippen LogP contribution in [0.25, 0.3) is 0 Å². The summed E-state index contributed by atoms with van der Waals surface area (Å²) in [5.41, 5.74) is 1.29. The summed E-state index contributed by atoms with van der Waals surface area (Å²) in [7, 11) is 1.60. The molecule has 1 aromatic rings. The zero-order valence-electron chi connectivity index (χ0n) is 18.6. The van der Waals surface area contributed by atoms with E-state index in [4.69, 9.17) is 13.9 Å². The number of piperidine rings is 1. The Kier molecular flexibility index (Phi) is 6.28. The molecule has 2 heterocycles. The van der Waals surface area contributed by atoms with E-state index >= 15 is 0 Å². The van der Waals surface area contributed by atoms with Crippen molar-refractivity contribution in [3.8, 4) is 11.5 Å². The molecule has 2 aliphatic heterocycles. The van der Waals surface area contributed by atoms with E-state index in [9.17, 15) is 0 Å². The van der Waals surface area contributed by atoms with Gasteiger partial charge in [0.15, 0.2) is 19.8 Å². The number of hydrogen-bond donors (Lipinski definition) is 0. The Balaban J connectivity index is 1.89. The summed E-state index contributed by atoms with van der Waals surface area (Å²) < 4.78 is 17.9. The van der Waals surface area contributed by atoms with Crippen molar-refractivity contribution in [2.75, 3.05) is 20.8 Å². The zero-order valence-corrected chi connectivity index (χ0v) is 19.6. The fourth-order valence-electron chi connectivity index (χ4n) is 4.21. The van der Waals surface area contributed by atoms with Gasteiger partial charge in [0.05, 0.1) is 14.2 Å². The van der Waals surface area contributed by atoms with Crippen molar-refractivity contribution in [1.82, 2.24) is 4.90 Å². The monoisotopic (exact) mass is 403 g/mol. The van der Waals surface area contributed by atoms with Gasteiger partial charge in [-0.15, -0.1) is 0 Å². The van der Waals surface area contributed by atoms with E-state index in [2.05, 4.69) is 63.0 Å². The molecule has 1 saturated heterocycles. The summed E-state index contributed by atoms with van der Waals surface area (Å²) in [5, 5.41) is 0.232. The van der Waals surface area contributed by atoms with E-state index in [1.807, 2.05) is 6.07 Å². The minimum atomic E-state index is -1.79. The van der Waals surface area contributed by atoms with Gasteiger partial charge in [0, 0.05) is 24.7 Å². The van der Waals surface area contributed by atoms with Crippen LogP contribution in [0.4, 0.5) is 0 Å². The van der Waals surface area contributed by atoms with E-state index in [1.165, 1.54) is 5.56 Å². The summed E-state index contributed by atoms with van der Waals surface area (Å²) >= 11 is 0. The predicted molar refractivity (Wildman–Crippen MR) is 118 cm³/mol. The molecule has 5 heteroatoms. The number of fused-ring (bicyclic) bond motifs is 1. The normalized spacial score (nSPS) is 26.0. The van der Waals surface area contributed by atoms with Crippen molar-refractivity contribution in [2.45, 2.75) is 76.4 Å². The molecule has 0 aromatic heterocycles. The first-order valence-corrected chi connectivity index (χ1v) is 13.4. The third-order valence-corrected chi connectivity index (χ3v) is 11.4. The molecule has 0 bridgehead atoms. The van der Waals surface area contributed by atoms with Crippen LogP contribution >= 0.6 is 0 Å². The summed E-state index contributed by atoms with van der Waals surface area (Å²) in [4.78, 5) is 2.65. The van der Waals surface area contributed by atoms with E-state index in [1.54, 1.807) is 14.2 Å². The van der Waals surface area contributed by atoms with E-state index < -0.39 is 8.32 Å². The lowest BCUT2D eigenvalue weighted by Crippen LogP contribution is -2.52. The molecule has 0 spiro atoms. The molecule has 2 aliphatic rings. The number of rotatable bonds is 5. The molecule has 0 unspecified atom stereocenters. The first-order valence-electron chi connectivity index (χ1n) is 10.5. The van der Waals surface area contributed by atoms with Crippen LogP contribution in [0.3, 0.4) is 0 Å². The third kappa shape index (κ3) is 4.31. The van der Waals surface area contributed by atoms with Crippen LogP contribution in [-0.4, -0.2) is 46.1 Å². The lowest BCUT2D eigenvalue weighted by molar-refractivity contribution is 0.00945. The second kappa shape index (κ2) is 8.21. The Labute approximate surface area is 172 Å². The summed E-state index contributed by atoms with van der Waals surface area (Å²) in [6.45, 7) is 12.7. The average molecular weight is 404 g/mol. The molecule has 1 fully saturated rings. The second-order valence-electron chi connectivity index (χ2n) is 9.66. The van der Waals surface area contributed by atoms with Gasteiger partial charge in [0.25, 0.3) is 0 Å². The maximum absolute atomic E-state index is 6.88. The topological polar surface area (TPSA) is 30.9 Å². The molecule has 3 atom stereocenters. The van der Waals surface area contributed by atoms with Crippen molar-refractivity contribution in [2.24, 2.45) is 0 Å². The fraction of sp³-hybridized carbons (Fsp3) is 0.652. The van der Waals surface area contributed by atoms with Gasteiger partial charge in [-0.25, -0.2) is 0 Å². The molecule has 0 saturated carbocycles. The summed E-state index contributed by atoms with van der Waals surface area (Å²) in [6, 6.07) is 7.26. The molecule has 0 amide bonds. The Morgan fingerprint density at radius 2 is 1.71 bits per heavy atom. The van der Waals surface area contributed by atoms with Crippen LogP contribution < -0.4 is 9.47 Å². The number of ether oxygens (including phenoxy) is 2. The van der Waals surface area contributed by atoms with Gasteiger partial charge in [0.1, 0.15) is 0 Å². The number of benzene rings is 1. The maximum Gasteiger partial charge on any atom is 0.192 e. The molecule has 0 aliphatic carbocycles. The number of methoxy groups -OCH3 is 2. The highest BCUT2D eigenvalue weighted by Crippen LogP contribution is 2.44. The molecular weight excluding hydrogens is 366 g/mol. The van der Waals surface area contributed by atoms with E-state index in [-0.39, 0.29) is 5.04 Å². The molecule has 0 N–H and O–H groups in total. The Hall–Kier alpha value is -1.30. The lowest BCUT2D eigenvalue weighted by atomic mass is 9.86. The quantitative estimate of drug-likeness (QED) is 0.476. The highest BCUT2D eigenvalue weighted by Gasteiger charge is 2.43. The fourth-order valence-corrected chi connectivity index (χ4v) is 5.59. The van der Waals surface area contributed by atoms with Crippen molar-refractivity contribution >= 4 is 8.32 Å². The lowest BCUT2D eigenvalue weighted by Gasteiger charge is -2.49. The standard InChI is InChI=1S/C23H37NO3Si/c1-23(2,3)28(6,7)27-19-15-18-10-8-9-13-24(18)20(16-19)17-11-12-21(25-4)22(14-17)26-5/h8-9,11-12,14,18-20H,10,13,15-16H2,1-7H3/t18-,19+,20+/m1/s1. The minimum absolute atomic E-state index is 0.232. The van der Waals surface area contributed by atoms with Crippen molar-refractivity contribution in [3.05, 3.63) is 35.9 Å². The average Bonchev–Trinajstić information content (AvgIpc) is 2.65. The smallest absolute Gasteiger partial charge is 0.192 e. The first kappa shape index (κ1) is 21.4. The minimum Gasteiger partial charge on any atom is -0.493 e. The van der Waals surface area contributed by atoms with Crippen LogP contribution in [-0.2, 0) is 4.43 Å². The van der Waals surface area contributed by atoms with Crippen LogP contribution in [0.1, 0.15) is 51.6 Å². The number of nitrogens with zero attached hydrogens (tertiary/aromatic N) is 1. The largest absolute Gasteiger partial charge is 0.493 e. The maximum atomic E-state index is 6.88. The van der Waals surface area contributed by atoms with E-state index in [0.29, 0.717) is 18.2 Å². The van der Waals surface area contributed by atoms with E-state index in [0.717, 1.165) is 37.3 Å². The Bertz CT molecular complexity index is 710. The molecule has 4 nitrogen and oxygen atoms in total. The van der Waals surface area contributed by atoms with Crippen molar-refractivity contribution in [3.63, 3.8) is 0 Å². The SMILES string of the molecule is COc1ccc([C@@H]2C[C@@H](O[Si](C)(C)C(C)(C)C)C[C@H]3CC=CCN32)cc1OC. The molecule has 156 valence electrons. The highest BCUT2D eigenvalue weighted by atomic mass is 28.4. The predicted octanol–water partition coefficient (Wildman–Crippen LogP) is 5.56. The van der Waals surface area contributed by atoms with Gasteiger partial charge >= 0.3 is 0 Å². The Morgan fingerprint density at radius 3 is 2.36 bits per heavy atom. The van der Waals surface area contributed by atoms with Gasteiger partial charge in [-0.05, 0) is 55.1 Å². The molecule has 3 rings (SSSR count). The molecule has 28 heavy (non-hydrogen) atoms. The van der Waals surface area contributed by atoms with Crippen molar-refractivity contribution in [1.29, 1.82) is 0 Å².